The van der Waals surface area contributed by atoms with Gasteiger partial charge in [0.15, 0.2) is 0 Å². The SMILES string of the molecule is CC1(C(=O)O)C=C(c2ccc(N)c(C#N)c2)C=C(C(=O)O)C1. The van der Waals surface area contributed by atoms with Crippen molar-refractivity contribution in [1.82, 2.24) is 0 Å². The highest BCUT2D eigenvalue weighted by molar-refractivity contribution is 5.96. The summed E-state index contributed by atoms with van der Waals surface area (Å²) in [7, 11) is 0. The summed E-state index contributed by atoms with van der Waals surface area (Å²) in [5.41, 5.74) is 5.93. The molecule has 0 aliphatic heterocycles. The van der Waals surface area contributed by atoms with Crippen LogP contribution in [0.5, 0.6) is 0 Å². The lowest BCUT2D eigenvalue weighted by Gasteiger charge is -2.26. The zero-order valence-electron chi connectivity index (χ0n) is 11.8. The molecule has 0 bridgehead atoms. The van der Waals surface area contributed by atoms with Gasteiger partial charge in [-0.25, -0.2) is 4.79 Å². The Kier molecular flexibility index (Phi) is 3.74. The highest BCUT2D eigenvalue weighted by Crippen LogP contribution is 2.38. The van der Waals surface area contributed by atoms with Gasteiger partial charge >= 0.3 is 11.9 Å². The summed E-state index contributed by atoms with van der Waals surface area (Å²) >= 11 is 0. The average molecular weight is 298 g/mol. The summed E-state index contributed by atoms with van der Waals surface area (Å²) in [5.74, 6) is -2.26. The molecule has 0 fully saturated rings. The molecule has 1 unspecified atom stereocenters. The number of nitriles is 1. The predicted molar refractivity (Wildman–Crippen MR) is 79.6 cm³/mol. The van der Waals surface area contributed by atoms with E-state index in [0.29, 0.717) is 16.8 Å². The monoisotopic (exact) mass is 298 g/mol. The van der Waals surface area contributed by atoms with E-state index in [2.05, 4.69) is 0 Å². The lowest BCUT2D eigenvalue weighted by atomic mass is 9.76. The van der Waals surface area contributed by atoms with E-state index in [4.69, 9.17) is 11.0 Å². The minimum absolute atomic E-state index is 0.0118. The van der Waals surface area contributed by atoms with E-state index >= 15 is 0 Å². The van der Waals surface area contributed by atoms with Crippen LogP contribution in [0.4, 0.5) is 5.69 Å². The molecule has 1 aliphatic carbocycles. The third-order valence-corrected chi connectivity index (χ3v) is 3.63. The van der Waals surface area contributed by atoms with Crippen LogP contribution >= 0.6 is 0 Å². The first-order valence-electron chi connectivity index (χ1n) is 6.47. The van der Waals surface area contributed by atoms with Gasteiger partial charge in [-0.05, 0) is 42.7 Å². The molecule has 0 radical (unpaired) electrons. The third-order valence-electron chi connectivity index (χ3n) is 3.63. The van der Waals surface area contributed by atoms with Crippen molar-refractivity contribution in [3.63, 3.8) is 0 Å². The molecule has 2 rings (SSSR count). The molecule has 0 saturated carbocycles. The van der Waals surface area contributed by atoms with Crippen LogP contribution in [-0.2, 0) is 9.59 Å². The first-order valence-corrected chi connectivity index (χ1v) is 6.47. The van der Waals surface area contributed by atoms with Crippen LogP contribution in [-0.4, -0.2) is 22.2 Å². The van der Waals surface area contributed by atoms with E-state index in [-0.39, 0.29) is 17.6 Å². The van der Waals surface area contributed by atoms with Crippen LogP contribution in [0.2, 0.25) is 0 Å². The molecule has 0 heterocycles. The van der Waals surface area contributed by atoms with Crippen molar-refractivity contribution in [2.75, 3.05) is 5.73 Å². The number of anilines is 1. The molecule has 1 aromatic carbocycles. The fourth-order valence-electron chi connectivity index (χ4n) is 2.34. The molecule has 4 N–H and O–H groups in total. The van der Waals surface area contributed by atoms with Gasteiger partial charge in [-0.2, -0.15) is 5.26 Å². The second kappa shape index (κ2) is 5.37. The van der Waals surface area contributed by atoms with Crippen LogP contribution in [0.25, 0.3) is 5.57 Å². The third kappa shape index (κ3) is 2.69. The van der Waals surface area contributed by atoms with E-state index < -0.39 is 17.4 Å². The Morgan fingerprint density at radius 3 is 2.59 bits per heavy atom. The van der Waals surface area contributed by atoms with Gasteiger partial charge in [0.25, 0.3) is 0 Å². The van der Waals surface area contributed by atoms with Crippen molar-refractivity contribution < 1.29 is 19.8 Å². The summed E-state index contributed by atoms with van der Waals surface area (Å²) < 4.78 is 0. The number of allylic oxidation sites excluding steroid dienone is 2. The van der Waals surface area contributed by atoms with Crippen LogP contribution < -0.4 is 5.73 Å². The number of hydrogen-bond acceptors (Lipinski definition) is 4. The second-order valence-electron chi connectivity index (χ2n) is 5.39. The Morgan fingerprint density at radius 2 is 2.05 bits per heavy atom. The Balaban J connectivity index is 2.60. The van der Waals surface area contributed by atoms with Gasteiger partial charge in [-0.1, -0.05) is 12.1 Å². The second-order valence-corrected chi connectivity index (χ2v) is 5.39. The molecule has 6 heteroatoms. The van der Waals surface area contributed by atoms with Crippen LogP contribution in [0.15, 0.2) is 35.9 Å². The van der Waals surface area contributed by atoms with Gasteiger partial charge in [0, 0.05) is 11.3 Å². The largest absolute Gasteiger partial charge is 0.481 e. The van der Waals surface area contributed by atoms with Gasteiger partial charge in [0.05, 0.1) is 11.0 Å². The van der Waals surface area contributed by atoms with Crippen molar-refractivity contribution in [2.45, 2.75) is 13.3 Å². The predicted octanol–water partition coefficient (Wildman–Crippen LogP) is 2.03. The van der Waals surface area contributed by atoms with Crippen molar-refractivity contribution in [1.29, 1.82) is 5.26 Å². The maximum atomic E-state index is 11.5. The Hall–Kier alpha value is -3.07. The highest BCUT2D eigenvalue weighted by atomic mass is 16.4. The Morgan fingerprint density at radius 1 is 1.36 bits per heavy atom. The average Bonchev–Trinajstić information content (AvgIpc) is 2.47. The number of nitrogens with zero attached hydrogens (tertiary/aromatic N) is 1. The maximum absolute atomic E-state index is 11.5. The van der Waals surface area contributed by atoms with Crippen LogP contribution in [0, 0.1) is 16.7 Å². The molecule has 22 heavy (non-hydrogen) atoms. The van der Waals surface area contributed by atoms with Gasteiger partial charge in [-0.15, -0.1) is 0 Å². The first kappa shape index (κ1) is 15.3. The minimum Gasteiger partial charge on any atom is -0.481 e. The number of carboxylic acid groups (broad SMARTS) is 2. The van der Waals surface area contributed by atoms with Crippen LogP contribution in [0.1, 0.15) is 24.5 Å². The zero-order valence-corrected chi connectivity index (χ0v) is 11.8. The number of nitrogens with two attached hydrogens (primary N) is 1. The van der Waals surface area contributed by atoms with Crippen molar-refractivity contribution >= 4 is 23.2 Å². The van der Waals surface area contributed by atoms with E-state index in [1.165, 1.54) is 31.2 Å². The molecule has 1 aliphatic rings. The van der Waals surface area contributed by atoms with Gasteiger partial charge in [0.1, 0.15) is 6.07 Å². The molecule has 1 atom stereocenters. The summed E-state index contributed by atoms with van der Waals surface area (Å²) in [4.78, 5) is 22.7. The van der Waals surface area contributed by atoms with Crippen molar-refractivity contribution in [3.05, 3.63) is 47.1 Å². The van der Waals surface area contributed by atoms with E-state index in [0.717, 1.165) is 0 Å². The number of aliphatic carboxylic acids is 2. The maximum Gasteiger partial charge on any atom is 0.331 e. The lowest BCUT2D eigenvalue weighted by molar-refractivity contribution is -0.145. The smallest absolute Gasteiger partial charge is 0.331 e. The molecule has 6 nitrogen and oxygen atoms in total. The van der Waals surface area contributed by atoms with Crippen molar-refractivity contribution in [2.24, 2.45) is 5.41 Å². The topological polar surface area (TPSA) is 124 Å². The number of carbonyl (C=O) groups is 2. The number of rotatable bonds is 3. The number of hydrogen-bond donors (Lipinski definition) is 3. The normalized spacial score (nSPS) is 20.5. The standard InChI is InChI=1S/C16H14N2O4/c1-16(15(21)22)6-10(5-11(7-16)14(19)20)9-2-3-13(18)12(4-9)8-17/h2-6H,7,18H2,1H3,(H,19,20)(H,21,22). The fraction of sp³-hybridized carbons (Fsp3) is 0.188. The first-order chi connectivity index (χ1) is 10.3. The van der Waals surface area contributed by atoms with Gasteiger partial charge < -0.3 is 15.9 Å². The van der Waals surface area contributed by atoms with Crippen LogP contribution in [0.3, 0.4) is 0 Å². The molecule has 0 amide bonds. The quantitative estimate of drug-likeness (QED) is 0.733. The van der Waals surface area contributed by atoms with E-state index in [9.17, 15) is 19.8 Å². The number of nitrogen functional groups attached to an aromatic ring is 1. The number of benzene rings is 1. The fourth-order valence-corrected chi connectivity index (χ4v) is 2.34. The highest BCUT2D eigenvalue weighted by Gasteiger charge is 2.36. The summed E-state index contributed by atoms with van der Waals surface area (Å²) in [6.45, 7) is 1.47. The molecule has 1 aromatic rings. The summed E-state index contributed by atoms with van der Waals surface area (Å²) in [5, 5.41) is 27.6. The molecular formula is C16H14N2O4. The minimum atomic E-state index is -1.31. The summed E-state index contributed by atoms with van der Waals surface area (Å²) in [6, 6.07) is 6.63. The molecule has 112 valence electrons. The summed E-state index contributed by atoms with van der Waals surface area (Å²) in [6.07, 6.45) is 2.84. The molecule has 0 spiro atoms. The number of carboxylic acids is 2. The zero-order chi connectivity index (χ0) is 16.5. The lowest BCUT2D eigenvalue weighted by Crippen LogP contribution is -2.29. The van der Waals surface area contributed by atoms with E-state index in [1.807, 2.05) is 6.07 Å². The molecular weight excluding hydrogens is 284 g/mol. The van der Waals surface area contributed by atoms with Gasteiger partial charge in [-0.3, -0.25) is 4.79 Å². The molecule has 0 aromatic heterocycles. The Labute approximate surface area is 126 Å². The Bertz CT molecular complexity index is 771. The van der Waals surface area contributed by atoms with E-state index in [1.54, 1.807) is 6.07 Å². The van der Waals surface area contributed by atoms with Crippen molar-refractivity contribution in [3.8, 4) is 6.07 Å². The van der Waals surface area contributed by atoms with Gasteiger partial charge in [0.2, 0.25) is 0 Å². The molecule has 0 saturated heterocycles.